The Balaban J connectivity index is 1.56. The molecule has 1 aliphatic carbocycles. The topological polar surface area (TPSA) is 53.6 Å². The summed E-state index contributed by atoms with van der Waals surface area (Å²) in [5, 5.41) is 11.2. The molecule has 4 nitrogen and oxygen atoms in total. The normalized spacial score (nSPS) is 26.6. The first-order chi connectivity index (χ1) is 9.83. The zero-order valence-corrected chi connectivity index (χ0v) is 12.7. The van der Waals surface area contributed by atoms with Crippen LogP contribution in [0.25, 0.3) is 0 Å². The predicted molar refractivity (Wildman–Crippen MR) is 80.7 cm³/mol. The van der Waals surface area contributed by atoms with Crippen molar-refractivity contribution in [2.75, 3.05) is 13.1 Å². The van der Waals surface area contributed by atoms with E-state index in [1.54, 1.807) is 0 Å². The lowest BCUT2D eigenvalue weighted by Gasteiger charge is -2.27. The summed E-state index contributed by atoms with van der Waals surface area (Å²) in [6.45, 7) is 4.72. The SMILES string of the molecule is CC(Cc1nc(C2CCCCC2)n[nH]1)C1CCCNC1. The summed E-state index contributed by atoms with van der Waals surface area (Å²) in [5.74, 6) is 4.28. The van der Waals surface area contributed by atoms with Gasteiger partial charge in [-0.2, -0.15) is 5.10 Å². The van der Waals surface area contributed by atoms with Crippen molar-refractivity contribution in [3.05, 3.63) is 11.6 Å². The summed E-state index contributed by atoms with van der Waals surface area (Å²) in [7, 11) is 0. The van der Waals surface area contributed by atoms with Gasteiger partial charge in [0, 0.05) is 12.3 Å². The molecule has 3 rings (SSSR count). The quantitative estimate of drug-likeness (QED) is 0.888. The molecule has 1 saturated heterocycles. The number of aromatic nitrogens is 3. The Morgan fingerprint density at radius 1 is 1.15 bits per heavy atom. The lowest BCUT2D eigenvalue weighted by Crippen LogP contribution is -2.34. The van der Waals surface area contributed by atoms with E-state index in [2.05, 4.69) is 22.4 Å². The molecule has 0 radical (unpaired) electrons. The van der Waals surface area contributed by atoms with E-state index < -0.39 is 0 Å². The molecule has 1 aliphatic heterocycles. The van der Waals surface area contributed by atoms with Crippen molar-refractivity contribution in [3.8, 4) is 0 Å². The molecule has 4 heteroatoms. The number of H-pyrrole nitrogens is 1. The molecule has 2 N–H and O–H groups in total. The Morgan fingerprint density at radius 2 is 2.00 bits per heavy atom. The van der Waals surface area contributed by atoms with Crippen LogP contribution in [0.4, 0.5) is 0 Å². The van der Waals surface area contributed by atoms with Crippen LogP contribution in [-0.2, 0) is 6.42 Å². The standard InChI is InChI=1S/C16H28N4/c1-12(14-8-5-9-17-11-14)10-15-18-16(20-19-15)13-6-3-2-4-7-13/h12-14,17H,2-11H2,1H3,(H,18,19,20). The van der Waals surface area contributed by atoms with Crippen LogP contribution in [0, 0.1) is 11.8 Å². The van der Waals surface area contributed by atoms with E-state index in [-0.39, 0.29) is 0 Å². The molecule has 112 valence electrons. The minimum Gasteiger partial charge on any atom is -0.316 e. The van der Waals surface area contributed by atoms with E-state index in [1.165, 1.54) is 58.0 Å². The Labute approximate surface area is 122 Å². The van der Waals surface area contributed by atoms with Gasteiger partial charge in [-0.15, -0.1) is 0 Å². The van der Waals surface area contributed by atoms with Crippen molar-refractivity contribution in [2.45, 2.75) is 64.2 Å². The molecule has 1 saturated carbocycles. The number of nitrogens with zero attached hydrogens (tertiary/aromatic N) is 2. The van der Waals surface area contributed by atoms with Crippen LogP contribution in [0.5, 0.6) is 0 Å². The first-order valence-electron chi connectivity index (χ1n) is 8.45. The molecule has 20 heavy (non-hydrogen) atoms. The van der Waals surface area contributed by atoms with Crippen LogP contribution in [0.15, 0.2) is 0 Å². The van der Waals surface area contributed by atoms with Gasteiger partial charge in [0.05, 0.1) is 0 Å². The molecular weight excluding hydrogens is 248 g/mol. The first-order valence-corrected chi connectivity index (χ1v) is 8.45. The van der Waals surface area contributed by atoms with Crippen LogP contribution in [0.3, 0.4) is 0 Å². The monoisotopic (exact) mass is 276 g/mol. The summed E-state index contributed by atoms with van der Waals surface area (Å²) >= 11 is 0. The van der Waals surface area contributed by atoms with Crippen molar-refractivity contribution in [3.63, 3.8) is 0 Å². The van der Waals surface area contributed by atoms with Gasteiger partial charge in [0.15, 0.2) is 5.82 Å². The van der Waals surface area contributed by atoms with Gasteiger partial charge in [-0.3, -0.25) is 5.10 Å². The van der Waals surface area contributed by atoms with Crippen LogP contribution in [0.2, 0.25) is 0 Å². The van der Waals surface area contributed by atoms with Crippen LogP contribution in [-0.4, -0.2) is 28.3 Å². The van der Waals surface area contributed by atoms with Crippen molar-refractivity contribution in [1.29, 1.82) is 0 Å². The van der Waals surface area contributed by atoms with Gasteiger partial charge in [0.25, 0.3) is 0 Å². The summed E-state index contributed by atoms with van der Waals surface area (Å²) in [6, 6.07) is 0. The predicted octanol–water partition coefficient (Wildman–Crippen LogP) is 3.03. The lowest BCUT2D eigenvalue weighted by atomic mass is 9.85. The maximum absolute atomic E-state index is 4.78. The van der Waals surface area contributed by atoms with Crippen molar-refractivity contribution < 1.29 is 0 Å². The highest BCUT2D eigenvalue weighted by atomic mass is 15.2. The van der Waals surface area contributed by atoms with Gasteiger partial charge in [-0.05, 0) is 50.6 Å². The number of piperidine rings is 1. The lowest BCUT2D eigenvalue weighted by molar-refractivity contribution is 0.276. The fourth-order valence-corrected chi connectivity index (χ4v) is 3.78. The van der Waals surface area contributed by atoms with Gasteiger partial charge in [0.2, 0.25) is 0 Å². The first kappa shape index (κ1) is 14.1. The maximum Gasteiger partial charge on any atom is 0.153 e. The smallest absolute Gasteiger partial charge is 0.153 e. The average molecular weight is 276 g/mol. The highest BCUT2D eigenvalue weighted by Gasteiger charge is 2.23. The molecule has 0 aromatic carbocycles. The van der Waals surface area contributed by atoms with Gasteiger partial charge < -0.3 is 5.32 Å². The molecule has 0 spiro atoms. The number of rotatable bonds is 4. The Kier molecular flexibility index (Phi) is 4.71. The summed E-state index contributed by atoms with van der Waals surface area (Å²) in [5.41, 5.74) is 0. The second-order valence-electron chi connectivity index (χ2n) is 6.76. The van der Waals surface area contributed by atoms with Crippen molar-refractivity contribution >= 4 is 0 Å². The minimum absolute atomic E-state index is 0.611. The fraction of sp³-hybridized carbons (Fsp3) is 0.875. The average Bonchev–Trinajstić information content (AvgIpc) is 2.97. The Morgan fingerprint density at radius 3 is 2.75 bits per heavy atom. The zero-order valence-electron chi connectivity index (χ0n) is 12.7. The van der Waals surface area contributed by atoms with Gasteiger partial charge in [0.1, 0.15) is 5.82 Å². The number of hydrogen-bond acceptors (Lipinski definition) is 3. The molecule has 1 aromatic heterocycles. The van der Waals surface area contributed by atoms with Crippen LogP contribution >= 0.6 is 0 Å². The number of nitrogens with one attached hydrogen (secondary N) is 2. The van der Waals surface area contributed by atoms with Gasteiger partial charge in [-0.1, -0.05) is 26.2 Å². The number of hydrogen-bond donors (Lipinski definition) is 2. The third kappa shape index (κ3) is 3.40. The molecule has 2 atom stereocenters. The van der Waals surface area contributed by atoms with E-state index in [1.807, 2.05) is 0 Å². The zero-order chi connectivity index (χ0) is 13.8. The summed E-state index contributed by atoms with van der Waals surface area (Å²) < 4.78 is 0. The van der Waals surface area contributed by atoms with Crippen molar-refractivity contribution in [1.82, 2.24) is 20.5 Å². The van der Waals surface area contributed by atoms with E-state index in [0.717, 1.165) is 24.0 Å². The van der Waals surface area contributed by atoms with Gasteiger partial charge >= 0.3 is 0 Å². The Hall–Kier alpha value is -0.900. The summed E-state index contributed by atoms with van der Waals surface area (Å²) in [6.07, 6.45) is 10.4. The van der Waals surface area contributed by atoms with Crippen LogP contribution in [0.1, 0.15) is 69.4 Å². The minimum atomic E-state index is 0.611. The van der Waals surface area contributed by atoms with Crippen molar-refractivity contribution in [2.24, 2.45) is 11.8 Å². The van der Waals surface area contributed by atoms with E-state index in [9.17, 15) is 0 Å². The molecule has 2 aliphatic rings. The molecule has 1 aromatic rings. The second-order valence-corrected chi connectivity index (χ2v) is 6.76. The van der Waals surface area contributed by atoms with E-state index in [0.29, 0.717) is 11.8 Å². The fourth-order valence-electron chi connectivity index (χ4n) is 3.78. The molecule has 2 fully saturated rings. The third-order valence-corrected chi connectivity index (χ3v) is 5.17. The largest absolute Gasteiger partial charge is 0.316 e. The molecule has 2 heterocycles. The van der Waals surface area contributed by atoms with E-state index >= 15 is 0 Å². The highest BCUT2D eigenvalue weighted by molar-refractivity contribution is 5.00. The number of aromatic amines is 1. The molecule has 0 bridgehead atoms. The van der Waals surface area contributed by atoms with E-state index in [4.69, 9.17) is 4.98 Å². The molecule has 2 unspecified atom stereocenters. The Bertz CT molecular complexity index is 402. The van der Waals surface area contributed by atoms with Gasteiger partial charge in [-0.25, -0.2) is 4.98 Å². The molecular formula is C16H28N4. The third-order valence-electron chi connectivity index (χ3n) is 5.17. The van der Waals surface area contributed by atoms with Crippen LogP contribution < -0.4 is 5.32 Å². The highest BCUT2D eigenvalue weighted by Crippen LogP contribution is 2.30. The second kappa shape index (κ2) is 6.70. The summed E-state index contributed by atoms with van der Waals surface area (Å²) in [4.78, 5) is 4.78. The molecule has 0 amide bonds. The maximum atomic E-state index is 4.78.